The van der Waals surface area contributed by atoms with Gasteiger partial charge in [0.2, 0.25) is 0 Å². The molecule has 0 saturated heterocycles. The van der Waals surface area contributed by atoms with E-state index in [-0.39, 0.29) is 0 Å². The molecule has 0 unspecified atom stereocenters. The maximum Gasteiger partial charge on any atom is 0.125 e. The lowest BCUT2D eigenvalue weighted by Gasteiger charge is -2.15. The summed E-state index contributed by atoms with van der Waals surface area (Å²) in [6.07, 6.45) is 4.59. The fourth-order valence-electron chi connectivity index (χ4n) is 2.23. The summed E-state index contributed by atoms with van der Waals surface area (Å²) < 4.78 is 9.12. The van der Waals surface area contributed by atoms with E-state index in [2.05, 4.69) is 44.5 Å². The Balaban J connectivity index is 2.06. The minimum absolute atomic E-state index is 0.618. The molecular weight excluding hydrogens is 318 g/mol. The maximum atomic E-state index is 5.98. The molecule has 0 amide bonds. The fraction of sp³-hybridized carbons (Fsp3) is 0.400. The van der Waals surface area contributed by atoms with Crippen LogP contribution in [0.25, 0.3) is 0 Å². The van der Waals surface area contributed by atoms with Gasteiger partial charge in [0.25, 0.3) is 0 Å². The molecular formula is C15H20BrN3O. The van der Waals surface area contributed by atoms with Gasteiger partial charge in [0.15, 0.2) is 0 Å². The van der Waals surface area contributed by atoms with Crippen LogP contribution in [0.3, 0.4) is 0 Å². The van der Waals surface area contributed by atoms with E-state index in [0.717, 1.165) is 40.1 Å². The molecule has 4 nitrogen and oxygen atoms in total. The zero-order chi connectivity index (χ0) is 14.5. The van der Waals surface area contributed by atoms with Gasteiger partial charge in [0.05, 0.1) is 6.54 Å². The van der Waals surface area contributed by atoms with E-state index < -0.39 is 0 Å². The summed E-state index contributed by atoms with van der Waals surface area (Å²) in [4.78, 5) is 4.20. The van der Waals surface area contributed by atoms with Gasteiger partial charge in [-0.05, 0) is 50.1 Å². The van der Waals surface area contributed by atoms with E-state index in [0.29, 0.717) is 13.2 Å². The molecule has 0 aliphatic heterocycles. The van der Waals surface area contributed by atoms with Crippen LogP contribution in [0.15, 0.2) is 29.0 Å². The minimum atomic E-state index is 0.618. The number of hydrogen-bond acceptors (Lipinski definition) is 3. The third kappa shape index (κ3) is 3.61. The number of nitrogens with two attached hydrogens (primary N) is 1. The van der Waals surface area contributed by atoms with Crippen LogP contribution in [-0.2, 0) is 13.0 Å². The first-order valence-corrected chi connectivity index (χ1v) is 7.50. The van der Waals surface area contributed by atoms with Crippen LogP contribution in [0.4, 0.5) is 0 Å². The van der Waals surface area contributed by atoms with Gasteiger partial charge < -0.3 is 15.0 Å². The summed E-state index contributed by atoms with van der Waals surface area (Å²) in [7, 11) is 0. The van der Waals surface area contributed by atoms with E-state index in [1.165, 1.54) is 0 Å². The second kappa shape index (κ2) is 6.90. The molecule has 2 aromatic rings. The van der Waals surface area contributed by atoms with E-state index in [1.807, 2.05) is 13.1 Å². The average Bonchev–Trinajstić information content (AvgIpc) is 2.78. The molecule has 0 atom stereocenters. The van der Waals surface area contributed by atoms with Crippen molar-refractivity contribution in [2.24, 2.45) is 5.73 Å². The quantitative estimate of drug-likeness (QED) is 0.881. The third-order valence-electron chi connectivity index (χ3n) is 3.23. The van der Waals surface area contributed by atoms with E-state index in [4.69, 9.17) is 10.5 Å². The molecule has 0 fully saturated rings. The van der Waals surface area contributed by atoms with Gasteiger partial charge in [0.1, 0.15) is 18.2 Å². The van der Waals surface area contributed by atoms with Gasteiger partial charge in [-0.2, -0.15) is 0 Å². The van der Waals surface area contributed by atoms with Crippen molar-refractivity contribution in [3.8, 4) is 5.75 Å². The Bertz CT molecular complexity index is 580. The number of halogens is 1. The Morgan fingerprint density at radius 3 is 2.80 bits per heavy atom. The summed E-state index contributed by atoms with van der Waals surface area (Å²) in [6, 6.07) is 4.15. The molecule has 0 bridgehead atoms. The molecule has 0 radical (unpaired) electrons. The minimum Gasteiger partial charge on any atom is -0.491 e. The number of benzene rings is 1. The molecule has 0 saturated carbocycles. The predicted molar refractivity (Wildman–Crippen MR) is 84.1 cm³/mol. The first-order valence-electron chi connectivity index (χ1n) is 6.71. The third-order valence-corrected chi connectivity index (χ3v) is 3.69. The van der Waals surface area contributed by atoms with Crippen LogP contribution in [0, 0.1) is 13.8 Å². The molecule has 2 N–H and O–H groups in total. The second-order valence-corrected chi connectivity index (χ2v) is 5.68. The first-order chi connectivity index (χ1) is 9.61. The highest BCUT2D eigenvalue weighted by molar-refractivity contribution is 9.10. The van der Waals surface area contributed by atoms with Gasteiger partial charge in [-0.1, -0.05) is 15.9 Å². The Morgan fingerprint density at radius 2 is 2.15 bits per heavy atom. The Hall–Kier alpha value is -1.33. The van der Waals surface area contributed by atoms with Crippen molar-refractivity contribution >= 4 is 15.9 Å². The van der Waals surface area contributed by atoms with Crippen molar-refractivity contribution in [1.29, 1.82) is 0 Å². The van der Waals surface area contributed by atoms with Crippen LogP contribution in [0.5, 0.6) is 5.75 Å². The molecule has 0 spiro atoms. The largest absolute Gasteiger partial charge is 0.491 e. The smallest absolute Gasteiger partial charge is 0.125 e. The van der Waals surface area contributed by atoms with Gasteiger partial charge in [-0.25, -0.2) is 4.98 Å². The van der Waals surface area contributed by atoms with Crippen molar-refractivity contribution in [2.45, 2.75) is 26.8 Å². The Labute approximate surface area is 128 Å². The molecule has 5 heteroatoms. The number of ether oxygens (including phenoxy) is 1. The van der Waals surface area contributed by atoms with Gasteiger partial charge in [-0.3, -0.25) is 0 Å². The molecule has 2 rings (SSSR count). The van der Waals surface area contributed by atoms with E-state index >= 15 is 0 Å². The lowest BCUT2D eigenvalue weighted by atomic mass is 10.1. The Kier molecular flexibility index (Phi) is 5.20. The van der Waals surface area contributed by atoms with E-state index in [9.17, 15) is 0 Å². The van der Waals surface area contributed by atoms with Gasteiger partial charge in [0, 0.05) is 16.9 Å². The topological polar surface area (TPSA) is 53.1 Å². The highest BCUT2D eigenvalue weighted by Gasteiger charge is 2.09. The van der Waals surface area contributed by atoms with Crippen LogP contribution >= 0.6 is 15.9 Å². The number of nitrogens with zero attached hydrogens (tertiary/aromatic N) is 2. The summed E-state index contributed by atoms with van der Waals surface area (Å²) in [5.74, 6) is 1.96. The van der Waals surface area contributed by atoms with Crippen molar-refractivity contribution in [2.75, 3.05) is 13.2 Å². The van der Waals surface area contributed by atoms with Gasteiger partial charge >= 0.3 is 0 Å². The summed E-state index contributed by atoms with van der Waals surface area (Å²) in [5.41, 5.74) is 7.96. The number of hydrogen-bond donors (Lipinski definition) is 1. The molecule has 0 aliphatic carbocycles. The molecule has 1 aromatic heterocycles. The number of aromatic nitrogens is 2. The predicted octanol–water partition coefficient (Wildman–Crippen LogP) is 2.84. The summed E-state index contributed by atoms with van der Waals surface area (Å²) in [6.45, 7) is 6.08. The normalized spacial score (nSPS) is 10.8. The number of rotatable bonds is 6. The van der Waals surface area contributed by atoms with Crippen LogP contribution < -0.4 is 10.5 Å². The van der Waals surface area contributed by atoms with Crippen molar-refractivity contribution in [3.63, 3.8) is 0 Å². The standard InChI is InChI=1S/C15H20BrN3O/c1-11-9-14(16)10-13(3-4-17)15(11)20-8-7-19-6-5-18-12(19)2/h5-6,9-10H,3-4,7-8,17H2,1-2H3. The molecule has 0 aliphatic rings. The average molecular weight is 338 g/mol. The highest BCUT2D eigenvalue weighted by Crippen LogP contribution is 2.28. The molecule has 20 heavy (non-hydrogen) atoms. The van der Waals surface area contributed by atoms with Crippen molar-refractivity contribution < 1.29 is 4.74 Å². The Morgan fingerprint density at radius 1 is 1.35 bits per heavy atom. The van der Waals surface area contributed by atoms with Crippen molar-refractivity contribution in [3.05, 3.63) is 46.0 Å². The van der Waals surface area contributed by atoms with Crippen LogP contribution in [0.1, 0.15) is 17.0 Å². The summed E-state index contributed by atoms with van der Waals surface area (Å²) >= 11 is 3.52. The number of aryl methyl sites for hydroxylation is 2. The molecule has 1 heterocycles. The lowest BCUT2D eigenvalue weighted by Crippen LogP contribution is -2.12. The first kappa shape index (κ1) is 15.1. The molecule has 108 valence electrons. The fourth-order valence-corrected chi connectivity index (χ4v) is 2.85. The monoisotopic (exact) mass is 337 g/mol. The van der Waals surface area contributed by atoms with Crippen LogP contribution in [0.2, 0.25) is 0 Å². The van der Waals surface area contributed by atoms with Crippen LogP contribution in [-0.4, -0.2) is 22.7 Å². The number of imidazole rings is 1. The summed E-state index contributed by atoms with van der Waals surface area (Å²) in [5, 5.41) is 0. The zero-order valence-electron chi connectivity index (χ0n) is 11.9. The zero-order valence-corrected chi connectivity index (χ0v) is 13.5. The SMILES string of the molecule is Cc1cc(Br)cc(CCN)c1OCCn1ccnc1C. The second-order valence-electron chi connectivity index (χ2n) is 4.77. The lowest BCUT2D eigenvalue weighted by molar-refractivity contribution is 0.292. The van der Waals surface area contributed by atoms with Crippen molar-refractivity contribution in [1.82, 2.24) is 9.55 Å². The van der Waals surface area contributed by atoms with E-state index in [1.54, 1.807) is 6.20 Å². The van der Waals surface area contributed by atoms with Gasteiger partial charge in [-0.15, -0.1) is 0 Å². The highest BCUT2D eigenvalue weighted by atomic mass is 79.9. The molecule has 1 aromatic carbocycles. The maximum absolute atomic E-state index is 5.98.